The van der Waals surface area contributed by atoms with E-state index in [9.17, 15) is 13.2 Å². The zero-order valence-corrected chi connectivity index (χ0v) is 13.8. The fourth-order valence-corrected chi connectivity index (χ4v) is 4.23. The van der Waals surface area contributed by atoms with E-state index in [1.807, 2.05) is 20.8 Å². The van der Waals surface area contributed by atoms with Crippen molar-refractivity contribution in [1.82, 2.24) is 9.46 Å². The summed E-state index contributed by atoms with van der Waals surface area (Å²) in [6.07, 6.45) is 1.48. The van der Waals surface area contributed by atoms with Gasteiger partial charge in [0.2, 0.25) is 21.8 Å². The molecule has 1 aromatic heterocycles. The van der Waals surface area contributed by atoms with Gasteiger partial charge in [-0.15, -0.1) is 0 Å². The SMILES string of the molecule is CC(C)(C)c1cc(NC(=O)C2CN(S(=O)(=O)C3CC3)C2)on1. The Labute approximate surface area is 130 Å². The van der Waals surface area contributed by atoms with Gasteiger partial charge in [0.1, 0.15) is 0 Å². The Morgan fingerprint density at radius 3 is 2.50 bits per heavy atom. The third-order valence-electron chi connectivity index (χ3n) is 4.05. The van der Waals surface area contributed by atoms with Crippen LogP contribution < -0.4 is 5.32 Å². The predicted octanol–water partition coefficient (Wildman–Crippen LogP) is 1.33. The van der Waals surface area contributed by atoms with Gasteiger partial charge >= 0.3 is 0 Å². The van der Waals surface area contributed by atoms with Gasteiger partial charge in [0.05, 0.1) is 16.9 Å². The highest BCUT2D eigenvalue weighted by Crippen LogP contribution is 2.34. The van der Waals surface area contributed by atoms with E-state index >= 15 is 0 Å². The number of carbonyl (C=O) groups is 1. The number of nitrogens with one attached hydrogen (secondary N) is 1. The summed E-state index contributed by atoms with van der Waals surface area (Å²) in [6.45, 7) is 6.52. The number of aromatic nitrogens is 1. The standard InChI is InChI=1S/C14H21N3O4S/c1-14(2,3)11-6-12(21-16-11)15-13(18)9-7-17(8-9)22(19,20)10-4-5-10/h6,9-10H,4-5,7-8H2,1-3H3,(H,15,18). The fourth-order valence-electron chi connectivity index (χ4n) is 2.30. The lowest BCUT2D eigenvalue weighted by atomic mass is 9.92. The maximum absolute atomic E-state index is 12.1. The number of sulfonamides is 1. The summed E-state index contributed by atoms with van der Waals surface area (Å²) >= 11 is 0. The molecular weight excluding hydrogens is 306 g/mol. The minimum absolute atomic E-state index is 0.155. The van der Waals surface area contributed by atoms with Crippen LogP contribution in [0.2, 0.25) is 0 Å². The van der Waals surface area contributed by atoms with Crippen molar-refractivity contribution in [2.45, 2.75) is 44.3 Å². The Morgan fingerprint density at radius 2 is 2.00 bits per heavy atom. The molecule has 0 radical (unpaired) electrons. The second kappa shape index (κ2) is 5.06. The summed E-state index contributed by atoms with van der Waals surface area (Å²) in [5.74, 6) is -0.242. The first-order chi connectivity index (χ1) is 10.2. The molecule has 1 amide bonds. The molecule has 1 N–H and O–H groups in total. The zero-order valence-electron chi connectivity index (χ0n) is 13.0. The van der Waals surface area contributed by atoms with Crippen molar-refractivity contribution in [2.75, 3.05) is 18.4 Å². The van der Waals surface area contributed by atoms with Gasteiger partial charge in [-0.05, 0) is 12.8 Å². The summed E-state index contributed by atoms with van der Waals surface area (Å²) < 4.78 is 30.5. The number of amides is 1. The first-order valence-electron chi connectivity index (χ1n) is 7.45. The molecule has 1 saturated heterocycles. The zero-order chi connectivity index (χ0) is 16.1. The highest BCUT2D eigenvalue weighted by molar-refractivity contribution is 7.90. The maximum Gasteiger partial charge on any atom is 0.232 e. The largest absolute Gasteiger partial charge is 0.338 e. The van der Waals surface area contributed by atoms with Crippen molar-refractivity contribution < 1.29 is 17.7 Å². The third kappa shape index (κ3) is 2.89. The Kier molecular flexibility index (Phi) is 3.56. The molecule has 22 heavy (non-hydrogen) atoms. The lowest BCUT2D eigenvalue weighted by molar-refractivity contribution is -0.123. The van der Waals surface area contributed by atoms with Crippen LogP contribution in [0.1, 0.15) is 39.3 Å². The second-order valence-electron chi connectivity index (χ2n) is 7.07. The fraction of sp³-hybridized carbons (Fsp3) is 0.714. The molecule has 1 aliphatic heterocycles. The molecular formula is C14H21N3O4S. The van der Waals surface area contributed by atoms with Crippen LogP contribution >= 0.6 is 0 Å². The van der Waals surface area contributed by atoms with Gasteiger partial charge in [-0.3, -0.25) is 10.1 Å². The lowest BCUT2D eigenvalue weighted by Crippen LogP contribution is -2.55. The van der Waals surface area contributed by atoms with E-state index in [1.165, 1.54) is 4.31 Å². The molecule has 3 rings (SSSR count). The molecule has 0 atom stereocenters. The van der Waals surface area contributed by atoms with Crippen molar-refractivity contribution >= 4 is 21.8 Å². The van der Waals surface area contributed by atoms with Crippen LogP contribution in [-0.4, -0.2) is 42.1 Å². The quantitative estimate of drug-likeness (QED) is 0.901. The molecule has 8 heteroatoms. The van der Waals surface area contributed by atoms with Crippen LogP contribution in [0.5, 0.6) is 0 Å². The molecule has 0 aromatic carbocycles. The molecule has 2 fully saturated rings. The number of rotatable bonds is 4. The van der Waals surface area contributed by atoms with E-state index in [1.54, 1.807) is 6.07 Å². The normalized spacial score (nSPS) is 20.7. The Balaban J connectivity index is 1.55. The molecule has 0 unspecified atom stereocenters. The number of nitrogens with zero attached hydrogens (tertiary/aromatic N) is 2. The summed E-state index contributed by atoms with van der Waals surface area (Å²) in [4.78, 5) is 12.1. The van der Waals surface area contributed by atoms with Gasteiger partial charge in [0.25, 0.3) is 0 Å². The topological polar surface area (TPSA) is 92.5 Å². The molecule has 2 aliphatic rings. The summed E-state index contributed by atoms with van der Waals surface area (Å²) in [5.41, 5.74) is 0.604. The van der Waals surface area contributed by atoms with Gasteiger partial charge in [-0.2, -0.15) is 4.31 Å². The van der Waals surface area contributed by atoms with Gasteiger partial charge < -0.3 is 4.52 Å². The molecule has 0 bridgehead atoms. The summed E-state index contributed by atoms with van der Waals surface area (Å²) in [5, 5.41) is 6.37. The first-order valence-corrected chi connectivity index (χ1v) is 8.95. The Bertz CT molecular complexity index is 679. The van der Waals surface area contributed by atoms with E-state index in [0.29, 0.717) is 5.88 Å². The van der Waals surface area contributed by atoms with Crippen molar-refractivity contribution in [3.05, 3.63) is 11.8 Å². The minimum Gasteiger partial charge on any atom is -0.338 e. The summed E-state index contributed by atoms with van der Waals surface area (Å²) in [6, 6.07) is 1.70. The molecule has 0 spiro atoms. The molecule has 1 aromatic rings. The van der Waals surface area contributed by atoms with E-state index < -0.39 is 10.0 Å². The van der Waals surface area contributed by atoms with Gasteiger partial charge in [-0.25, -0.2) is 8.42 Å². The smallest absolute Gasteiger partial charge is 0.232 e. The van der Waals surface area contributed by atoms with E-state index in [2.05, 4.69) is 10.5 Å². The lowest BCUT2D eigenvalue weighted by Gasteiger charge is -2.36. The Hall–Kier alpha value is -1.41. The average Bonchev–Trinajstić information content (AvgIpc) is 3.07. The van der Waals surface area contributed by atoms with Gasteiger partial charge in [0, 0.05) is 24.6 Å². The summed E-state index contributed by atoms with van der Waals surface area (Å²) in [7, 11) is -3.17. The van der Waals surface area contributed by atoms with Crippen LogP contribution in [-0.2, 0) is 20.2 Å². The Morgan fingerprint density at radius 1 is 1.36 bits per heavy atom. The minimum atomic E-state index is -3.17. The average molecular weight is 327 g/mol. The number of anilines is 1. The molecule has 122 valence electrons. The molecule has 1 aliphatic carbocycles. The number of hydrogen-bond donors (Lipinski definition) is 1. The monoisotopic (exact) mass is 327 g/mol. The van der Waals surface area contributed by atoms with Crippen LogP contribution in [0.25, 0.3) is 0 Å². The number of carbonyl (C=O) groups excluding carboxylic acids is 1. The van der Waals surface area contributed by atoms with Gasteiger partial charge in [-0.1, -0.05) is 25.9 Å². The van der Waals surface area contributed by atoms with Crippen molar-refractivity contribution in [2.24, 2.45) is 5.92 Å². The van der Waals surface area contributed by atoms with Crippen molar-refractivity contribution in [3.8, 4) is 0 Å². The van der Waals surface area contributed by atoms with E-state index in [0.717, 1.165) is 18.5 Å². The molecule has 7 nitrogen and oxygen atoms in total. The highest BCUT2D eigenvalue weighted by atomic mass is 32.2. The van der Waals surface area contributed by atoms with Crippen LogP contribution in [0.4, 0.5) is 5.88 Å². The van der Waals surface area contributed by atoms with E-state index in [4.69, 9.17) is 4.52 Å². The van der Waals surface area contributed by atoms with Gasteiger partial charge in [0.15, 0.2) is 0 Å². The molecule has 2 heterocycles. The number of hydrogen-bond acceptors (Lipinski definition) is 5. The first kappa shape index (κ1) is 15.5. The van der Waals surface area contributed by atoms with Crippen molar-refractivity contribution in [3.63, 3.8) is 0 Å². The second-order valence-corrected chi connectivity index (χ2v) is 9.29. The molecule has 1 saturated carbocycles. The third-order valence-corrected chi connectivity index (χ3v) is 6.38. The van der Waals surface area contributed by atoms with E-state index in [-0.39, 0.29) is 35.6 Å². The maximum atomic E-state index is 12.1. The predicted molar refractivity (Wildman–Crippen MR) is 80.8 cm³/mol. The van der Waals surface area contributed by atoms with Crippen LogP contribution in [0.3, 0.4) is 0 Å². The van der Waals surface area contributed by atoms with Crippen LogP contribution in [0.15, 0.2) is 10.6 Å². The van der Waals surface area contributed by atoms with Crippen LogP contribution in [0, 0.1) is 5.92 Å². The highest BCUT2D eigenvalue weighted by Gasteiger charge is 2.47. The van der Waals surface area contributed by atoms with Crippen molar-refractivity contribution in [1.29, 1.82) is 0 Å².